The first kappa shape index (κ1) is 18.7. The molecule has 1 aliphatic rings. The molecule has 1 fully saturated rings. The first-order valence-corrected chi connectivity index (χ1v) is 8.11. The van der Waals surface area contributed by atoms with E-state index >= 15 is 0 Å². The van der Waals surface area contributed by atoms with E-state index in [0.717, 1.165) is 0 Å². The number of rotatable bonds is 5. The molecule has 1 heterocycles. The zero-order valence-corrected chi connectivity index (χ0v) is 14.1. The van der Waals surface area contributed by atoms with Crippen LogP contribution in [0.25, 0.3) is 0 Å². The van der Waals surface area contributed by atoms with E-state index in [1.165, 1.54) is 12.1 Å². The normalized spacial score (nSPS) is 14.2. The van der Waals surface area contributed by atoms with E-state index in [0.29, 0.717) is 43.9 Å². The lowest BCUT2D eigenvalue weighted by Crippen LogP contribution is -2.51. The van der Waals surface area contributed by atoms with Gasteiger partial charge in [-0.1, -0.05) is 12.1 Å². The Balaban J connectivity index is 1.77. The molecule has 0 saturated carbocycles. The third-order valence-electron chi connectivity index (χ3n) is 3.86. The van der Waals surface area contributed by atoms with Crippen LogP contribution in [0.2, 0.25) is 0 Å². The maximum absolute atomic E-state index is 12.1. The second-order valence-electron chi connectivity index (χ2n) is 5.50. The fourth-order valence-electron chi connectivity index (χ4n) is 2.40. The third-order valence-corrected chi connectivity index (χ3v) is 3.86. The van der Waals surface area contributed by atoms with E-state index in [2.05, 4.69) is 0 Å². The topological polar surface area (TPSA) is 96.4 Å². The van der Waals surface area contributed by atoms with Gasteiger partial charge in [0.1, 0.15) is 0 Å². The third kappa shape index (κ3) is 5.18. The number of aliphatic hydroxyl groups is 1. The molecule has 1 aromatic rings. The fourth-order valence-corrected chi connectivity index (χ4v) is 2.40. The van der Waals surface area contributed by atoms with Gasteiger partial charge in [0.05, 0.1) is 18.8 Å². The molecule has 1 aliphatic heterocycles. The molecule has 8 nitrogen and oxygen atoms in total. The summed E-state index contributed by atoms with van der Waals surface area (Å²) in [5.74, 6) is -0.896. The van der Waals surface area contributed by atoms with Crippen molar-refractivity contribution < 1.29 is 29.0 Å². The maximum atomic E-state index is 12.1. The van der Waals surface area contributed by atoms with Crippen LogP contribution >= 0.6 is 0 Å². The van der Waals surface area contributed by atoms with Crippen LogP contribution in [0.3, 0.4) is 0 Å². The zero-order valence-electron chi connectivity index (χ0n) is 14.1. The molecule has 0 radical (unpaired) electrons. The molecule has 0 bridgehead atoms. The van der Waals surface area contributed by atoms with E-state index < -0.39 is 5.97 Å². The molecule has 2 amide bonds. The largest absolute Gasteiger partial charge is 0.452 e. The number of aliphatic hydroxyl groups excluding tert-OH is 1. The number of hydrogen-bond acceptors (Lipinski definition) is 6. The Morgan fingerprint density at radius 1 is 1.00 bits per heavy atom. The van der Waals surface area contributed by atoms with Gasteiger partial charge < -0.3 is 24.4 Å². The molecule has 0 aliphatic carbocycles. The Morgan fingerprint density at radius 2 is 1.60 bits per heavy atom. The molecule has 0 aromatic heterocycles. The minimum absolute atomic E-state index is 0.106. The lowest BCUT2D eigenvalue weighted by atomic mass is 10.1. The highest BCUT2D eigenvalue weighted by molar-refractivity contribution is 5.91. The lowest BCUT2D eigenvalue weighted by molar-refractivity contribution is -0.136. The Bertz CT molecular complexity index is 608. The summed E-state index contributed by atoms with van der Waals surface area (Å²) in [6.07, 6.45) is -0.382. The highest BCUT2D eigenvalue weighted by Crippen LogP contribution is 2.08. The second-order valence-corrected chi connectivity index (χ2v) is 5.50. The number of hydrogen-bond donors (Lipinski definition) is 1. The molecular formula is C17H22N2O6. The molecule has 25 heavy (non-hydrogen) atoms. The minimum atomic E-state index is -0.594. The van der Waals surface area contributed by atoms with Crippen LogP contribution < -0.4 is 0 Å². The van der Waals surface area contributed by atoms with Gasteiger partial charge in [-0.2, -0.15) is 0 Å². The SMILES string of the molecule is CCOC(=O)N1CCN(C(=O)COC(=O)c2ccc(CO)cc2)CC1. The number of piperazine rings is 1. The van der Waals surface area contributed by atoms with Gasteiger partial charge >= 0.3 is 12.1 Å². The van der Waals surface area contributed by atoms with Crippen molar-refractivity contribution in [1.29, 1.82) is 0 Å². The average molecular weight is 350 g/mol. The van der Waals surface area contributed by atoms with Crippen molar-refractivity contribution in [1.82, 2.24) is 9.80 Å². The van der Waals surface area contributed by atoms with E-state index in [-0.39, 0.29) is 25.2 Å². The van der Waals surface area contributed by atoms with Crippen molar-refractivity contribution in [3.8, 4) is 0 Å². The molecule has 2 rings (SSSR count). The summed E-state index contributed by atoms with van der Waals surface area (Å²) in [7, 11) is 0. The second kappa shape index (κ2) is 9.03. The summed E-state index contributed by atoms with van der Waals surface area (Å²) >= 11 is 0. The smallest absolute Gasteiger partial charge is 0.409 e. The van der Waals surface area contributed by atoms with Crippen LogP contribution in [0.5, 0.6) is 0 Å². The summed E-state index contributed by atoms with van der Waals surface area (Å²) < 4.78 is 9.95. The van der Waals surface area contributed by atoms with Gasteiger partial charge in [0.2, 0.25) is 0 Å². The van der Waals surface area contributed by atoms with Crippen LogP contribution in [0.15, 0.2) is 24.3 Å². The van der Waals surface area contributed by atoms with Gasteiger partial charge in [0, 0.05) is 26.2 Å². The highest BCUT2D eigenvalue weighted by atomic mass is 16.6. The Labute approximate surface area is 145 Å². The summed E-state index contributed by atoms with van der Waals surface area (Å²) in [4.78, 5) is 38.7. The molecule has 1 N–H and O–H groups in total. The first-order chi connectivity index (χ1) is 12.0. The first-order valence-electron chi connectivity index (χ1n) is 8.11. The quantitative estimate of drug-likeness (QED) is 0.783. The van der Waals surface area contributed by atoms with Crippen molar-refractivity contribution >= 4 is 18.0 Å². The molecule has 8 heteroatoms. The van der Waals surface area contributed by atoms with Crippen molar-refractivity contribution in [3.63, 3.8) is 0 Å². The van der Waals surface area contributed by atoms with E-state index in [9.17, 15) is 14.4 Å². The summed E-state index contributed by atoms with van der Waals surface area (Å²) in [5.41, 5.74) is 1.00. The summed E-state index contributed by atoms with van der Waals surface area (Å²) in [6.45, 7) is 3.13. The Kier molecular flexibility index (Phi) is 6.76. The van der Waals surface area contributed by atoms with Gasteiger partial charge in [-0.3, -0.25) is 4.79 Å². The predicted octanol–water partition coefficient (Wildman–Crippen LogP) is 0.636. The molecule has 0 unspecified atom stereocenters. The van der Waals surface area contributed by atoms with E-state index in [4.69, 9.17) is 14.6 Å². The number of carbonyl (C=O) groups excluding carboxylic acids is 3. The van der Waals surface area contributed by atoms with Crippen LogP contribution in [-0.4, -0.2) is 72.3 Å². The highest BCUT2D eigenvalue weighted by Gasteiger charge is 2.25. The van der Waals surface area contributed by atoms with Gasteiger partial charge in [0.25, 0.3) is 5.91 Å². The number of ether oxygens (including phenoxy) is 2. The van der Waals surface area contributed by atoms with Crippen molar-refractivity contribution in [2.75, 3.05) is 39.4 Å². The van der Waals surface area contributed by atoms with E-state index in [1.54, 1.807) is 28.9 Å². The monoisotopic (exact) mass is 350 g/mol. The average Bonchev–Trinajstić information content (AvgIpc) is 2.66. The molecule has 0 atom stereocenters. The number of nitrogens with zero attached hydrogens (tertiary/aromatic N) is 2. The zero-order chi connectivity index (χ0) is 18.2. The van der Waals surface area contributed by atoms with Crippen molar-refractivity contribution in [2.45, 2.75) is 13.5 Å². The number of esters is 1. The molecule has 1 saturated heterocycles. The van der Waals surface area contributed by atoms with Gasteiger partial charge in [0.15, 0.2) is 6.61 Å². The Hall–Kier alpha value is -2.61. The number of amides is 2. The van der Waals surface area contributed by atoms with Crippen LogP contribution in [0.4, 0.5) is 4.79 Å². The predicted molar refractivity (Wildman–Crippen MR) is 87.8 cm³/mol. The number of carbonyl (C=O) groups is 3. The lowest BCUT2D eigenvalue weighted by Gasteiger charge is -2.33. The van der Waals surface area contributed by atoms with Crippen LogP contribution in [0.1, 0.15) is 22.8 Å². The number of benzene rings is 1. The van der Waals surface area contributed by atoms with Gasteiger partial charge in [-0.05, 0) is 24.6 Å². The summed E-state index contributed by atoms with van der Waals surface area (Å²) in [6, 6.07) is 6.31. The molecule has 136 valence electrons. The van der Waals surface area contributed by atoms with Crippen LogP contribution in [-0.2, 0) is 20.9 Å². The minimum Gasteiger partial charge on any atom is -0.452 e. The standard InChI is InChI=1S/C17H22N2O6/c1-2-24-17(23)19-9-7-18(8-10-19)15(21)12-25-16(22)14-5-3-13(11-20)4-6-14/h3-6,20H,2,7-12H2,1H3. The Morgan fingerprint density at radius 3 is 2.16 bits per heavy atom. The van der Waals surface area contributed by atoms with E-state index in [1.807, 2.05) is 0 Å². The van der Waals surface area contributed by atoms with Crippen molar-refractivity contribution in [2.24, 2.45) is 0 Å². The van der Waals surface area contributed by atoms with Gasteiger partial charge in [-0.25, -0.2) is 9.59 Å². The molecule has 1 aromatic carbocycles. The summed E-state index contributed by atoms with van der Waals surface area (Å²) in [5, 5.41) is 8.97. The van der Waals surface area contributed by atoms with Crippen molar-refractivity contribution in [3.05, 3.63) is 35.4 Å². The van der Waals surface area contributed by atoms with Gasteiger partial charge in [-0.15, -0.1) is 0 Å². The fraction of sp³-hybridized carbons (Fsp3) is 0.471. The molecular weight excluding hydrogens is 328 g/mol. The van der Waals surface area contributed by atoms with Crippen LogP contribution in [0, 0.1) is 0 Å². The molecule has 0 spiro atoms. The maximum Gasteiger partial charge on any atom is 0.409 e.